The Bertz CT molecular complexity index is 1290. The van der Waals surface area contributed by atoms with Gasteiger partial charge >= 0.3 is 6.09 Å². The van der Waals surface area contributed by atoms with Crippen LogP contribution in [0.5, 0.6) is 5.75 Å². The predicted molar refractivity (Wildman–Crippen MR) is 130 cm³/mol. The minimum Gasteiger partial charge on any atom is -0.489 e. The van der Waals surface area contributed by atoms with Gasteiger partial charge in [-0.2, -0.15) is 0 Å². The molecular weight excluding hydrogens is 454 g/mol. The molecule has 1 aromatic carbocycles. The van der Waals surface area contributed by atoms with Crippen molar-refractivity contribution >= 4 is 26.8 Å². The monoisotopic (exact) mass is 485 g/mol. The zero-order chi connectivity index (χ0) is 24.7. The van der Waals surface area contributed by atoms with E-state index in [-0.39, 0.29) is 23.3 Å². The summed E-state index contributed by atoms with van der Waals surface area (Å²) < 4.78 is 32.4. The molecule has 1 amide bonds. The molecule has 8 nitrogen and oxygen atoms in total. The smallest absolute Gasteiger partial charge is 0.407 e. The molecule has 9 heteroatoms. The van der Waals surface area contributed by atoms with Crippen LogP contribution in [0.15, 0.2) is 53.7 Å². The van der Waals surface area contributed by atoms with Crippen molar-refractivity contribution < 1.29 is 23.1 Å². The normalized spacial score (nSPS) is 19.4. The van der Waals surface area contributed by atoms with Gasteiger partial charge in [-0.3, -0.25) is 0 Å². The van der Waals surface area contributed by atoms with Gasteiger partial charge in [0.05, 0.1) is 22.4 Å². The molecule has 0 spiro atoms. The SMILES string of the molecule is CCS(=O)(=O)c1ccc2c(ccn2-c2ccc(OC3CCN(C(=O)O)C(C(C)(C)C)C3)cn2)c1. The van der Waals surface area contributed by atoms with Crippen LogP contribution in [0.1, 0.15) is 40.5 Å². The average Bonchev–Trinajstić information content (AvgIpc) is 3.22. The maximum atomic E-state index is 12.2. The second-order valence-corrected chi connectivity index (χ2v) is 12.1. The zero-order valence-corrected chi connectivity index (χ0v) is 20.7. The summed E-state index contributed by atoms with van der Waals surface area (Å²) in [6.07, 6.45) is 3.83. The third kappa shape index (κ3) is 4.75. The Balaban J connectivity index is 1.51. The number of benzene rings is 1. The van der Waals surface area contributed by atoms with E-state index < -0.39 is 15.9 Å². The molecule has 3 heterocycles. The Kier molecular flexibility index (Phi) is 6.33. The molecule has 0 aliphatic carbocycles. The highest BCUT2D eigenvalue weighted by Crippen LogP contribution is 2.34. The summed E-state index contributed by atoms with van der Waals surface area (Å²) in [6.45, 7) is 8.23. The molecule has 1 saturated heterocycles. The van der Waals surface area contributed by atoms with Crippen molar-refractivity contribution in [2.45, 2.75) is 57.6 Å². The first kappa shape index (κ1) is 24.1. The van der Waals surface area contributed by atoms with E-state index in [2.05, 4.69) is 4.98 Å². The van der Waals surface area contributed by atoms with E-state index in [1.165, 1.54) is 4.90 Å². The van der Waals surface area contributed by atoms with Gasteiger partial charge in [0.25, 0.3) is 0 Å². The standard InChI is InChI=1S/C25H31N3O5S/c1-5-34(31,32)20-7-8-21-17(14-20)10-12-27(21)23-9-6-19(16-26-23)33-18-11-13-28(24(29)30)22(15-18)25(2,3)4/h6-10,12,14,16,18,22H,5,11,13,15H2,1-4H3,(H,29,30). The summed E-state index contributed by atoms with van der Waals surface area (Å²) in [4.78, 5) is 18.0. The van der Waals surface area contributed by atoms with Crippen molar-refractivity contribution in [3.8, 4) is 11.6 Å². The number of sulfone groups is 1. The van der Waals surface area contributed by atoms with Crippen LogP contribution in [0.25, 0.3) is 16.7 Å². The zero-order valence-electron chi connectivity index (χ0n) is 19.9. The van der Waals surface area contributed by atoms with Crippen LogP contribution >= 0.6 is 0 Å². The van der Waals surface area contributed by atoms with Gasteiger partial charge in [-0.05, 0) is 41.8 Å². The first-order valence-corrected chi connectivity index (χ1v) is 13.1. The molecular formula is C25H31N3O5S. The maximum absolute atomic E-state index is 12.2. The van der Waals surface area contributed by atoms with E-state index in [1.54, 1.807) is 31.3 Å². The van der Waals surface area contributed by atoms with Gasteiger partial charge < -0.3 is 19.3 Å². The van der Waals surface area contributed by atoms with E-state index in [1.807, 2.05) is 49.7 Å². The number of fused-ring (bicyclic) bond motifs is 1. The van der Waals surface area contributed by atoms with Gasteiger partial charge in [-0.15, -0.1) is 0 Å². The minimum absolute atomic E-state index is 0.0636. The Morgan fingerprint density at radius 3 is 2.59 bits per heavy atom. The van der Waals surface area contributed by atoms with Crippen molar-refractivity contribution in [2.24, 2.45) is 5.41 Å². The number of carboxylic acid groups (broad SMARTS) is 1. The lowest BCUT2D eigenvalue weighted by Crippen LogP contribution is -2.53. The molecule has 0 bridgehead atoms. The van der Waals surface area contributed by atoms with Crippen LogP contribution in [-0.2, 0) is 9.84 Å². The third-order valence-electron chi connectivity index (χ3n) is 6.47. The number of hydrogen-bond acceptors (Lipinski definition) is 5. The molecule has 2 aromatic heterocycles. The van der Waals surface area contributed by atoms with Crippen molar-refractivity contribution in [1.82, 2.24) is 14.5 Å². The van der Waals surface area contributed by atoms with E-state index in [0.717, 1.165) is 10.9 Å². The van der Waals surface area contributed by atoms with Gasteiger partial charge in [0.2, 0.25) is 0 Å². The number of hydrogen-bond donors (Lipinski definition) is 1. The Labute approximate surface area is 200 Å². The first-order valence-electron chi connectivity index (χ1n) is 11.5. The van der Waals surface area contributed by atoms with Gasteiger partial charge in [0.1, 0.15) is 17.7 Å². The number of aromatic nitrogens is 2. The van der Waals surface area contributed by atoms with E-state index in [9.17, 15) is 18.3 Å². The van der Waals surface area contributed by atoms with Crippen LogP contribution in [0.4, 0.5) is 4.79 Å². The van der Waals surface area contributed by atoms with Crippen molar-refractivity contribution in [3.05, 3.63) is 48.8 Å². The lowest BCUT2D eigenvalue weighted by Gasteiger charge is -2.44. The predicted octanol–water partition coefficient (Wildman–Crippen LogP) is 4.76. The summed E-state index contributed by atoms with van der Waals surface area (Å²) in [5.74, 6) is 1.40. The third-order valence-corrected chi connectivity index (χ3v) is 8.20. The molecule has 0 radical (unpaired) electrons. The quantitative estimate of drug-likeness (QED) is 0.559. The van der Waals surface area contributed by atoms with Gasteiger partial charge in [-0.25, -0.2) is 18.2 Å². The molecule has 1 fully saturated rings. The molecule has 2 unspecified atom stereocenters. The van der Waals surface area contributed by atoms with Crippen LogP contribution in [0, 0.1) is 5.41 Å². The summed E-state index contributed by atoms with van der Waals surface area (Å²) in [5, 5.41) is 10.4. The van der Waals surface area contributed by atoms with E-state index >= 15 is 0 Å². The Morgan fingerprint density at radius 1 is 1.21 bits per heavy atom. The van der Waals surface area contributed by atoms with E-state index in [4.69, 9.17) is 4.74 Å². The fourth-order valence-corrected chi connectivity index (χ4v) is 5.46. The number of piperidine rings is 1. The highest BCUT2D eigenvalue weighted by atomic mass is 32.2. The molecule has 1 aliphatic rings. The Morgan fingerprint density at radius 2 is 1.97 bits per heavy atom. The number of amides is 1. The highest BCUT2D eigenvalue weighted by molar-refractivity contribution is 7.91. The lowest BCUT2D eigenvalue weighted by molar-refractivity contribution is 0.0129. The molecule has 0 saturated carbocycles. The second kappa shape index (κ2) is 8.94. The highest BCUT2D eigenvalue weighted by Gasteiger charge is 2.39. The number of pyridine rings is 1. The number of rotatable bonds is 5. The molecule has 182 valence electrons. The van der Waals surface area contributed by atoms with Gasteiger partial charge in [0.15, 0.2) is 9.84 Å². The summed E-state index contributed by atoms with van der Waals surface area (Å²) in [7, 11) is -3.26. The number of likely N-dealkylation sites (tertiary alicyclic amines) is 1. The number of nitrogens with zero attached hydrogens (tertiary/aromatic N) is 3. The average molecular weight is 486 g/mol. The van der Waals surface area contributed by atoms with Gasteiger partial charge in [0, 0.05) is 37.0 Å². The lowest BCUT2D eigenvalue weighted by atomic mass is 9.80. The van der Waals surface area contributed by atoms with Crippen LogP contribution in [-0.4, -0.2) is 58.5 Å². The minimum atomic E-state index is -3.26. The van der Waals surface area contributed by atoms with Crippen LogP contribution < -0.4 is 4.74 Å². The summed E-state index contributed by atoms with van der Waals surface area (Å²) in [6, 6.07) is 10.6. The summed E-state index contributed by atoms with van der Waals surface area (Å²) in [5.41, 5.74) is 0.680. The van der Waals surface area contributed by atoms with Gasteiger partial charge in [-0.1, -0.05) is 27.7 Å². The topological polar surface area (TPSA) is 102 Å². The fraction of sp³-hybridized carbons (Fsp3) is 0.440. The Hall–Kier alpha value is -3.07. The van der Waals surface area contributed by atoms with Crippen molar-refractivity contribution in [1.29, 1.82) is 0 Å². The molecule has 1 aliphatic heterocycles. The second-order valence-electron chi connectivity index (χ2n) is 9.78. The molecule has 3 aromatic rings. The molecule has 1 N–H and O–H groups in total. The molecule has 34 heavy (non-hydrogen) atoms. The fourth-order valence-electron chi connectivity index (χ4n) is 4.55. The van der Waals surface area contributed by atoms with E-state index in [0.29, 0.717) is 35.8 Å². The van der Waals surface area contributed by atoms with Crippen molar-refractivity contribution in [3.63, 3.8) is 0 Å². The van der Waals surface area contributed by atoms with Crippen molar-refractivity contribution in [2.75, 3.05) is 12.3 Å². The summed E-state index contributed by atoms with van der Waals surface area (Å²) >= 11 is 0. The number of carbonyl (C=O) groups is 1. The molecule has 4 rings (SSSR count). The number of ether oxygens (including phenoxy) is 1. The maximum Gasteiger partial charge on any atom is 0.407 e. The first-order chi connectivity index (χ1) is 16.0. The van der Waals surface area contributed by atoms with Crippen LogP contribution in [0.2, 0.25) is 0 Å². The molecule has 2 atom stereocenters. The largest absolute Gasteiger partial charge is 0.489 e. The van der Waals surface area contributed by atoms with Crippen LogP contribution in [0.3, 0.4) is 0 Å².